The summed E-state index contributed by atoms with van der Waals surface area (Å²) in [5.41, 5.74) is 6.32. The first-order valence-electron chi connectivity index (χ1n) is 5.09. The molecular formula is C9H15N5O. The second-order valence-corrected chi connectivity index (χ2v) is 3.60. The molecule has 0 spiro atoms. The molecule has 0 bridgehead atoms. The lowest BCUT2D eigenvalue weighted by molar-refractivity contribution is 0.222. The van der Waals surface area contributed by atoms with Gasteiger partial charge in [0.25, 0.3) is 0 Å². The monoisotopic (exact) mass is 209 g/mol. The van der Waals surface area contributed by atoms with Gasteiger partial charge in [-0.05, 0) is 12.8 Å². The van der Waals surface area contributed by atoms with Crippen LogP contribution < -0.4 is 11.1 Å². The van der Waals surface area contributed by atoms with Crippen LogP contribution in [0, 0.1) is 0 Å². The standard InChI is InChI=1S/C9H15N5O/c10-5-7-6-11-13-8(7)12-9(15)14-3-1-2-4-14/h6H,1-5,10H2,(H2,11,12,13,15). The van der Waals surface area contributed by atoms with Crippen molar-refractivity contribution >= 4 is 11.8 Å². The van der Waals surface area contributed by atoms with E-state index in [1.54, 1.807) is 11.1 Å². The number of hydrogen-bond acceptors (Lipinski definition) is 3. The molecule has 2 heterocycles. The highest BCUT2D eigenvalue weighted by Gasteiger charge is 2.18. The third kappa shape index (κ3) is 2.10. The maximum atomic E-state index is 11.7. The van der Waals surface area contributed by atoms with Crippen LogP contribution in [0.2, 0.25) is 0 Å². The van der Waals surface area contributed by atoms with Crippen LogP contribution >= 0.6 is 0 Å². The second-order valence-electron chi connectivity index (χ2n) is 3.60. The van der Waals surface area contributed by atoms with E-state index in [4.69, 9.17) is 5.73 Å². The Hall–Kier alpha value is -1.56. The Kier molecular flexibility index (Phi) is 2.86. The van der Waals surface area contributed by atoms with Gasteiger partial charge in [0.1, 0.15) is 5.82 Å². The van der Waals surface area contributed by atoms with E-state index < -0.39 is 0 Å². The number of urea groups is 1. The molecule has 0 radical (unpaired) electrons. The molecule has 1 aliphatic heterocycles. The Morgan fingerprint density at radius 1 is 1.60 bits per heavy atom. The van der Waals surface area contributed by atoms with E-state index in [0.717, 1.165) is 31.5 Å². The molecule has 6 nitrogen and oxygen atoms in total. The van der Waals surface area contributed by atoms with Crippen molar-refractivity contribution in [3.63, 3.8) is 0 Å². The highest BCUT2D eigenvalue weighted by atomic mass is 16.2. The maximum absolute atomic E-state index is 11.7. The lowest BCUT2D eigenvalue weighted by atomic mass is 10.3. The summed E-state index contributed by atoms with van der Waals surface area (Å²) >= 11 is 0. The summed E-state index contributed by atoms with van der Waals surface area (Å²) in [5, 5.41) is 9.33. The van der Waals surface area contributed by atoms with Crippen LogP contribution in [0.4, 0.5) is 10.6 Å². The summed E-state index contributed by atoms with van der Waals surface area (Å²) in [6, 6.07) is -0.0774. The smallest absolute Gasteiger partial charge is 0.323 e. The number of amides is 2. The minimum Gasteiger partial charge on any atom is -0.326 e. The number of nitrogens with two attached hydrogens (primary N) is 1. The van der Waals surface area contributed by atoms with Crippen LogP contribution in [-0.2, 0) is 6.54 Å². The molecule has 1 saturated heterocycles. The lowest BCUT2D eigenvalue weighted by Crippen LogP contribution is -2.32. The minimum atomic E-state index is -0.0774. The third-order valence-electron chi connectivity index (χ3n) is 2.56. The van der Waals surface area contributed by atoms with Gasteiger partial charge in [-0.3, -0.25) is 10.4 Å². The Labute approximate surface area is 87.8 Å². The fourth-order valence-electron chi connectivity index (χ4n) is 1.68. The topological polar surface area (TPSA) is 87.0 Å². The maximum Gasteiger partial charge on any atom is 0.323 e. The lowest BCUT2D eigenvalue weighted by Gasteiger charge is -2.15. The normalized spacial score (nSPS) is 15.7. The number of aromatic nitrogens is 2. The molecule has 2 rings (SSSR count). The highest BCUT2D eigenvalue weighted by Crippen LogP contribution is 2.13. The average molecular weight is 209 g/mol. The Morgan fingerprint density at radius 3 is 3.00 bits per heavy atom. The van der Waals surface area contributed by atoms with Gasteiger partial charge in [-0.25, -0.2) is 4.79 Å². The first-order chi connectivity index (χ1) is 7.31. The van der Waals surface area contributed by atoms with Gasteiger partial charge < -0.3 is 10.6 Å². The Bertz CT molecular complexity index is 342. The molecular weight excluding hydrogens is 194 g/mol. The van der Waals surface area contributed by atoms with E-state index in [1.165, 1.54) is 0 Å². The number of nitrogens with one attached hydrogen (secondary N) is 2. The highest BCUT2D eigenvalue weighted by molar-refractivity contribution is 5.89. The van der Waals surface area contributed by atoms with E-state index in [-0.39, 0.29) is 6.03 Å². The molecule has 1 aromatic heterocycles. The number of rotatable bonds is 2. The fraction of sp³-hybridized carbons (Fsp3) is 0.556. The van der Waals surface area contributed by atoms with E-state index in [0.29, 0.717) is 12.4 Å². The van der Waals surface area contributed by atoms with Crippen molar-refractivity contribution in [2.45, 2.75) is 19.4 Å². The first-order valence-corrected chi connectivity index (χ1v) is 5.09. The number of anilines is 1. The minimum absolute atomic E-state index is 0.0774. The molecule has 1 fully saturated rings. The van der Waals surface area contributed by atoms with Crippen LogP contribution in [0.5, 0.6) is 0 Å². The third-order valence-corrected chi connectivity index (χ3v) is 2.56. The molecule has 1 aromatic rings. The largest absolute Gasteiger partial charge is 0.326 e. The number of nitrogens with zero attached hydrogens (tertiary/aromatic N) is 2. The summed E-state index contributed by atoms with van der Waals surface area (Å²) in [5.74, 6) is 0.606. The average Bonchev–Trinajstić information content (AvgIpc) is 2.87. The van der Waals surface area contributed by atoms with E-state index in [2.05, 4.69) is 15.5 Å². The van der Waals surface area contributed by atoms with E-state index in [9.17, 15) is 4.79 Å². The van der Waals surface area contributed by atoms with Crippen LogP contribution in [0.1, 0.15) is 18.4 Å². The summed E-state index contributed by atoms with van der Waals surface area (Å²) in [6.07, 6.45) is 3.79. The molecule has 15 heavy (non-hydrogen) atoms. The van der Waals surface area contributed by atoms with Crippen molar-refractivity contribution in [3.05, 3.63) is 11.8 Å². The van der Waals surface area contributed by atoms with E-state index >= 15 is 0 Å². The number of carbonyl (C=O) groups is 1. The summed E-state index contributed by atoms with van der Waals surface area (Å²) in [4.78, 5) is 13.5. The van der Waals surface area contributed by atoms with Gasteiger partial charge in [0, 0.05) is 25.2 Å². The molecule has 2 amide bonds. The number of carbonyl (C=O) groups excluding carboxylic acids is 1. The van der Waals surface area contributed by atoms with Crippen molar-refractivity contribution in [3.8, 4) is 0 Å². The summed E-state index contributed by atoms with van der Waals surface area (Å²) in [7, 11) is 0. The van der Waals surface area contributed by atoms with Gasteiger partial charge in [0.2, 0.25) is 0 Å². The van der Waals surface area contributed by atoms with Crippen LogP contribution in [0.15, 0.2) is 6.20 Å². The molecule has 0 aromatic carbocycles. The molecule has 0 aliphatic carbocycles. The quantitative estimate of drug-likeness (QED) is 0.662. The molecule has 1 aliphatic rings. The van der Waals surface area contributed by atoms with Crippen molar-refractivity contribution in [1.82, 2.24) is 15.1 Å². The zero-order valence-corrected chi connectivity index (χ0v) is 8.49. The Morgan fingerprint density at radius 2 is 2.33 bits per heavy atom. The molecule has 82 valence electrons. The van der Waals surface area contributed by atoms with E-state index in [1.807, 2.05) is 0 Å². The fourth-order valence-corrected chi connectivity index (χ4v) is 1.68. The van der Waals surface area contributed by atoms with Crippen LogP contribution in [-0.4, -0.2) is 34.2 Å². The van der Waals surface area contributed by atoms with Crippen LogP contribution in [0.3, 0.4) is 0 Å². The second kappa shape index (κ2) is 4.31. The molecule has 0 atom stereocenters. The SMILES string of the molecule is NCc1cn[nH]c1NC(=O)N1CCCC1. The van der Waals surface area contributed by atoms with Gasteiger partial charge >= 0.3 is 6.03 Å². The van der Waals surface area contributed by atoms with Crippen molar-refractivity contribution < 1.29 is 4.79 Å². The predicted molar refractivity (Wildman–Crippen MR) is 56.3 cm³/mol. The van der Waals surface area contributed by atoms with Gasteiger partial charge in [-0.1, -0.05) is 0 Å². The number of H-pyrrole nitrogens is 1. The zero-order chi connectivity index (χ0) is 10.7. The summed E-state index contributed by atoms with van der Waals surface area (Å²) in [6.45, 7) is 2.03. The predicted octanol–water partition coefficient (Wildman–Crippen LogP) is 0.496. The number of hydrogen-bond donors (Lipinski definition) is 3. The number of aromatic amines is 1. The molecule has 4 N–H and O–H groups in total. The van der Waals surface area contributed by atoms with Crippen LogP contribution in [0.25, 0.3) is 0 Å². The van der Waals surface area contributed by atoms with Crippen molar-refractivity contribution in [2.75, 3.05) is 18.4 Å². The molecule has 6 heteroatoms. The molecule has 0 unspecified atom stereocenters. The summed E-state index contributed by atoms with van der Waals surface area (Å²) < 4.78 is 0. The van der Waals surface area contributed by atoms with Gasteiger partial charge in [-0.2, -0.15) is 5.10 Å². The zero-order valence-electron chi connectivity index (χ0n) is 8.49. The van der Waals surface area contributed by atoms with Gasteiger partial charge in [0.05, 0.1) is 6.20 Å². The molecule has 0 saturated carbocycles. The van der Waals surface area contributed by atoms with Crippen molar-refractivity contribution in [2.24, 2.45) is 5.73 Å². The van der Waals surface area contributed by atoms with Gasteiger partial charge in [-0.15, -0.1) is 0 Å². The Balaban J connectivity index is 1.98. The number of likely N-dealkylation sites (tertiary alicyclic amines) is 1. The first kappa shape index (κ1) is 9.97. The van der Waals surface area contributed by atoms with Crippen molar-refractivity contribution in [1.29, 1.82) is 0 Å². The van der Waals surface area contributed by atoms with Gasteiger partial charge in [0.15, 0.2) is 0 Å².